The number of methoxy groups -OCH3 is 2. The second kappa shape index (κ2) is 9.56. The van der Waals surface area contributed by atoms with Crippen molar-refractivity contribution < 1.29 is 47.8 Å². The van der Waals surface area contributed by atoms with Crippen LogP contribution in [0.5, 0.6) is 11.5 Å². The fourth-order valence-electron chi connectivity index (χ4n) is 2.68. The quantitative estimate of drug-likeness (QED) is 0.655. The van der Waals surface area contributed by atoms with Crippen molar-refractivity contribution in [3.05, 3.63) is 23.2 Å². The van der Waals surface area contributed by atoms with Crippen molar-refractivity contribution in [3.63, 3.8) is 0 Å². The lowest BCUT2D eigenvalue weighted by molar-refractivity contribution is -0.160. The number of fused-ring (bicyclic) bond motifs is 3. The maximum absolute atomic E-state index is 13.4. The van der Waals surface area contributed by atoms with Gasteiger partial charge in [0, 0.05) is 51.8 Å². The Morgan fingerprint density at radius 3 is 2.90 bits per heavy atom. The molecule has 5 atom stereocenters. The standard InChI is InChI=1S/C24H38N2O4/c1-14(2)9-17-13-26-8-7-16-10-21(28-5)22(29-6)11-18(16)19(26)12-20(17)30-24(27)23(25)15(3)4/h10-11,14-15,17,19-20,23H,7-9,12-13,25H2,1-6H3/t17?,19?,20?,23-/m0/s1/i1D3,6D3,7D2,8D2,9D2,10D,11D,12D2,13D2,14D,17D,19D/t14?,17?,19?,20?,23-. The predicted molar refractivity (Wildman–Crippen MR) is 118 cm³/mol. The average molecular weight is 440 g/mol. The average Bonchev–Trinajstić information content (AvgIpc) is 2.92. The highest BCUT2D eigenvalue weighted by Gasteiger charge is 2.41. The number of esters is 1. The maximum Gasteiger partial charge on any atom is 0.323 e. The topological polar surface area (TPSA) is 74.0 Å². The van der Waals surface area contributed by atoms with E-state index in [4.69, 9.17) is 40.5 Å². The van der Waals surface area contributed by atoms with E-state index < -0.39 is 127 Å². The highest BCUT2D eigenvalue weighted by Crippen LogP contribution is 2.44. The van der Waals surface area contributed by atoms with Gasteiger partial charge in [-0.1, -0.05) is 27.6 Å². The van der Waals surface area contributed by atoms with Crippen LogP contribution < -0.4 is 15.2 Å². The predicted octanol–water partition coefficient (Wildman–Crippen LogP) is 3.56. The SMILES string of the molecule is [2H]c1c(OC)c(OC([2H])([2H])[2H])c([2H])c2c1C([2H])([2H])C([2H])([2H])N1C([2H])([2H])C([2H])(C([2H])([2H])C([2H])(C)C([2H])([2H])[2H])C(OC(=O)[C@@H](N)C(C)C)C([2H])([2H])C21[2H]. The van der Waals surface area contributed by atoms with Crippen LogP contribution in [0.1, 0.15) is 86.3 Å². The van der Waals surface area contributed by atoms with Gasteiger partial charge in [0.15, 0.2) is 11.5 Å². The third kappa shape index (κ3) is 4.75. The van der Waals surface area contributed by atoms with Crippen molar-refractivity contribution in [1.82, 2.24) is 4.90 Å². The molecule has 1 fully saturated rings. The Hall–Kier alpha value is -1.79. The van der Waals surface area contributed by atoms with Crippen LogP contribution >= 0.6 is 0 Å². The molecule has 2 aliphatic heterocycles. The van der Waals surface area contributed by atoms with E-state index in [1.54, 1.807) is 0 Å². The van der Waals surface area contributed by atoms with Crippen LogP contribution in [-0.2, 0) is 15.9 Å². The summed E-state index contributed by atoms with van der Waals surface area (Å²) in [5.74, 6) is -12.6. The second-order valence-corrected chi connectivity index (χ2v) is 6.89. The maximum atomic E-state index is 13.4. The van der Waals surface area contributed by atoms with Crippen LogP contribution in [0.15, 0.2) is 12.1 Å². The van der Waals surface area contributed by atoms with Crippen molar-refractivity contribution in [2.45, 2.75) is 64.9 Å². The molecule has 0 aliphatic carbocycles. The number of benzene rings is 1. The molecule has 6 nitrogen and oxygen atoms in total. The van der Waals surface area contributed by atoms with Crippen molar-refractivity contribution in [2.24, 2.45) is 23.4 Å². The lowest BCUT2D eigenvalue weighted by Crippen LogP contribution is -2.51. The lowest BCUT2D eigenvalue weighted by atomic mass is 9.79. The molecule has 168 valence electrons. The van der Waals surface area contributed by atoms with Gasteiger partial charge in [0.2, 0.25) is 0 Å². The molecular weight excluding hydrogens is 380 g/mol. The summed E-state index contributed by atoms with van der Waals surface area (Å²) in [7, 11) is -2.61. The Morgan fingerprint density at radius 1 is 1.47 bits per heavy atom. The number of hydrogen-bond acceptors (Lipinski definition) is 6. The number of hydrogen-bond donors (Lipinski definition) is 1. The molecule has 2 heterocycles. The molecule has 0 spiro atoms. The minimum atomic E-state index is -4.40. The van der Waals surface area contributed by atoms with Crippen molar-refractivity contribution in [3.8, 4) is 11.5 Å². The number of carbonyl (C=O) groups excluding carboxylic acids is 1. The van der Waals surface area contributed by atoms with Crippen LogP contribution in [0.3, 0.4) is 0 Å². The zero-order valence-corrected chi connectivity index (χ0v) is 16.9. The van der Waals surface area contributed by atoms with Crippen LogP contribution in [0, 0.1) is 17.7 Å². The molecule has 2 aliphatic rings. The summed E-state index contributed by atoms with van der Waals surface area (Å²) < 4.78 is 197. The highest BCUT2D eigenvalue weighted by molar-refractivity contribution is 5.76. The fraction of sp³-hybridized carbons (Fsp3) is 0.708. The zero-order chi connectivity index (χ0) is 40.5. The first-order valence-electron chi connectivity index (χ1n) is 19.5. The summed E-state index contributed by atoms with van der Waals surface area (Å²) in [5.41, 5.74) is 3.09. The Labute approximate surface area is 210 Å². The summed E-state index contributed by atoms with van der Waals surface area (Å²) in [5, 5.41) is 0. The van der Waals surface area contributed by atoms with Crippen molar-refractivity contribution in [2.75, 3.05) is 27.1 Å². The first kappa shape index (κ1) is 7.96. The molecule has 4 unspecified atom stereocenters. The molecular formula is C24H38N2O4. The molecule has 0 aromatic heterocycles. The largest absolute Gasteiger partial charge is 0.493 e. The van der Waals surface area contributed by atoms with E-state index in [0.717, 1.165) is 7.11 Å². The highest BCUT2D eigenvalue weighted by atomic mass is 16.5. The summed E-state index contributed by atoms with van der Waals surface area (Å²) in [6.45, 7) is -9.14. The van der Waals surface area contributed by atoms with E-state index in [1.807, 2.05) is 0 Å². The molecule has 0 saturated carbocycles. The van der Waals surface area contributed by atoms with E-state index in [1.165, 1.54) is 13.8 Å². The number of ether oxygens (including phenoxy) is 3. The smallest absolute Gasteiger partial charge is 0.323 e. The van der Waals surface area contributed by atoms with Gasteiger partial charge in [-0.2, -0.15) is 0 Å². The second-order valence-electron chi connectivity index (χ2n) is 6.89. The first-order valence-corrected chi connectivity index (χ1v) is 9.02. The van der Waals surface area contributed by atoms with Gasteiger partial charge in [-0.25, -0.2) is 0 Å². The van der Waals surface area contributed by atoms with Crippen LogP contribution in [0.4, 0.5) is 0 Å². The van der Waals surface area contributed by atoms with Crippen LogP contribution in [0.2, 0.25) is 0 Å². The Morgan fingerprint density at radius 2 is 2.23 bits per heavy atom. The molecule has 3 rings (SSSR count). The lowest BCUT2D eigenvalue weighted by Gasteiger charge is -2.47. The van der Waals surface area contributed by atoms with Gasteiger partial charge in [0.1, 0.15) is 12.1 Å². The molecule has 30 heavy (non-hydrogen) atoms. The van der Waals surface area contributed by atoms with Gasteiger partial charge in [0.25, 0.3) is 0 Å². The number of nitrogens with two attached hydrogens (primary N) is 1. The normalized spacial score (nSPS) is 50.1. The number of nitrogens with zero attached hydrogens (tertiary/aromatic N) is 1. The Balaban J connectivity index is 2.75. The number of carbonyl (C=O) groups is 1. The van der Waals surface area contributed by atoms with Crippen molar-refractivity contribution >= 4 is 5.97 Å². The van der Waals surface area contributed by atoms with E-state index in [2.05, 4.69) is 0 Å². The van der Waals surface area contributed by atoms with E-state index in [0.29, 0.717) is 6.92 Å². The first-order chi connectivity index (χ1) is 22.3. The number of piperidine rings is 1. The Kier molecular flexibility index (Phi) is 2.54. The Bertz CT molecular complexity index is 1580. The monoisotopic (exact) mass is 439 g/mol. The third-order valence-electron chi connectivity index (χ3n) is 4.30. The summed E-state index contributed by atoms with van der Waals surface area (Å²) in [6.07, 6.45) is -15.6. The molecule has 0 bridgehead atoms. The van der Waals surface area contributed by atoms with Gasteiger partial charge < -0.3 is 19.9 Å². The van der Waals surface area contributed by atoms with Crippen LogP contribution in [0.25, 0.3) is 0 Å². The zero-order valence-electron chi connectivity index (χ0n) is 37.9. The van der Waals surface area contributed by atoms with Crippen LogP contribution in [-0.4, -0.2) is 50.2 Å². The molecule has 0 radical (unpaired) electrons. The number of rotatable bonds is 7. The fourth-order valence-corrected chi connectivity index (χ4v) is 2.68. The molecule has 6 heteroatoms. The van der Waals surface area contributed by atoms with Gasteiger partial charge in [-0.3, -0.25) is 9.69 Å². The van der Waals surface area contributed by atoms with Gasteiger partial charge in [-0.15, -0.1) is 0 Å². The van der Waals surface area contributed by atoms with Gasteiger partial charge in [0.05, 0.1) is 22.4 Å². The summed E-state index contributed by atoms with van der Waals surface area (Å²) in [6, 6.07) is -8.45. The third-order valence-corrected chi connectivity index (χ3v) is 4.30. The summed E-state index contributed by atoms with van der Waals surface area (Å²) >= 11 is 0. The minimum Gasteiger partial charge on any atom is -0.493 e. The molecule has 1 saturated heterocycles. The summed E-state index contributed by atoms with van der Waals surface area (Å²) in [4.78, 5) is 12.8. The van der Waals surface area contributed by atoms with E-state index in [9.17, 15) is 13.0 Å². The van der Waals surface area contributed by atoms with E-state index >= 15 is 0 Å². The minimum absolute atomic E-state index is 0.404. The molecule has 1 aromatic carbocycles. The van der Waals surface area contributed by atoms with Crippen molar-refractivity contribution in [1.29, 1.82) is 0 Å². The van der Waals surface area contributed by atoms with E-state index in [-0.39, 0.29) is 0 Å². The molecule has 2 N–H and O–H groups in total. The van der Waals surface area contributed by atoms with Gasteiger partial charge in [-0.05, 0) is 47.8 Å². The molecule has 1 aromatic rings. The molecule has 0 amide bonds. The van der Waals surface area contributed by atoms with Gasteiger partial charge >= 0.3 is 5.97 Å².